The van der Waals surface area contributed by atoms with E-state index in [0.717, 1.165) is 56.9 Å². The Morgan fingerprint density at radius 1 is 0.560 bits per heavy atom. The smallest absolute Gasteiger partial charge is 0.345 e. The number of hydrogen-bond donors (Lipinski definition) is 5. The number of carboxylic acid groups (broad SMARTS) is 2. The molecule has 2 aromatic carbocycles. The maximum atomic E-state index is 11.7. The molecule has 22 heteroatoms. The van der Waals surface area contributed by atoms with Crippen LogP contribution in [0, 0.1) is 49.7 Å². The predicted octanol–water partition coefficient (Wildman–Crippen LogP) is 16.7. The molecule has 0 fully saturated rings. The summed E-state index contributed by atoms with van der Waals surface area (Å²) in [7, 11) is 6.41. The fourth-order valence-corrected chi connectivity index (χ4v) is 7.42. The van der Waals surface area contributed by atoms with Crippen LogP contribution in [0.3, 0.4) is 0 Å². The lowest BCUT2D eigenvalue weighted by Crippen LogP contribution is -2.39. The van der Waals surface area contributed by atoms with Crippen molar-refractivity contribution in [2.24, 2.45) is 38.4 Å². The van der Waals surface area contributed by atoms with E-state index in [9.17, 15) is 43.5 Å². The molecule has 0 radical (unpaired) electrons. The van der Waals surface area contributed by atoms with Crippen LogP contribution in [0.5, 0.6) is 0 Å². The van der Waals surface area contributed by atoms with Crippen molar-refractivity contribution < 1.29 is 77.2 Å². The maximum absolute atomic E-state index is 11.7. The minimum Gasteiger partial charge on any atom is -0.481 e. The number of rotatable bonds is 34. The second-order valence-corrected chi connectivity index (χ2v) is 28.0. The Balaban J connectivity index is -0.000000165. The van der Waals surface area contributed by atoms with Crippen molar-refractivity contribution in [1.82, 2.24) is 21.2 Å². The van der Waals surface area contributed by atoms with Gasteiger partial charge in [-0.3, -0.25) is 34.1 Å². The number of nitrogens with one attached hydrogen (secondary N) is 3. The number of nitriles is 1. The average Bonchev–Trinajstić information content (AvgIpc) is 0.833. The van der Waals surface area contributed by atoms with Gasteiger partial charge in [0, 0.05) is 40.0 Å². The molecule has 0 spiro atoms. The van der Waals surface area contributed by atoms with Crippen LogP contribution in [-0.4, -0.2) is 130 Å². The van der Waals surface area contributed by atoms with Crippen LogP contribution in [0.15, 0.2) is 71.8 Å². The van der Waals surface area contributed by atoms with E-state index in [1.54, 1.807) is 62.7 Å². The van der Waals surface area contributed by atoms with Crippen LogP contribution in [0.4, 0.5) is 0 Å². The van der Waals surface area contributed by atoms with Crippen LogP contribution in [0.25, 0.3) is 0 Å². The quantitative estimate of drug-likeness (QED) is 0.00827. The molecule has 0 heterocycles. The summed E-state index contributed by atoms with van der Waals surface area (Å²) in [6.07, 6.45) is 9.78. The molecule has 0 saturated heterocycles. The highest BCUT2D eigenvalue weighted by Crippen LogP contribution is 2.33. The monoisotopic (exact) mass is 1440 g/mol. The first-order valence-corrected chi connectivity index (χ1v) is 34.6. The zero-order valence-corrected chi connectivity index (χ0v) is 67.3. The Hall–Kier alpha value is -6.28. The van der Waals surface area contributed by atoms with E-state index >= 15 is 0 Å². The Bertz CT molecular complexity index is 2510. The Morgan fingerprint density at radius 2 is 0.920 bits per heavy atom. The first kappa shape index (κ1) is 110. The third-order valence-corrected chi connectivity index (χ3v) is 16.5. The van der Waals surface area contributed by atoms with Crippen LogP contribution in [-0.2, 0) is 80.1 Å². The average molecular weight is 1440 g/mol. The van der Waals surface area contributed by atoms with Gasteiger partial charge in [0.1, 0.15) is 17.9 Å². The molecule has 2 atom stereocenters. The van der Waals surface area contributed by atoms with Crippen molar-refractivity contribution in [3.63, 3.8) is 0 Å². The fourth-order valence-electron chi connectivity index (χ4n) is 7.42. The number of allylic oxidation sites excluding steroid dienone is 1. The van der Waals surface area contributed by atoms with Gasteiger partial charge in [-0.1, -0.05) is 230 Å². The third kappa shape index (κ3) is 59.4. The second-order valence-electron chi connectivity index (χ2n) is 28.0. The highest BCUT2D eigenvalue weighted by Gasteiger charge is 2.42. The van der Waals surface area contributed by atoms with Crippen molar-refractivity contribution >= 4 is 60.4 Å². The normalized spacial score (nSPS) is 11.3. The molecular formula is C78H142ClN5O16. The summed E-state index contributed by atoms with van der Waals surface area (Å²) in [6, 6.07) is 21.9. The van der Waals surface area contributed by atoms with Crippen molar-refractivity contribution in [1.29, 1.82) is 5.26 Å². The number of aliphatic carboxylic acids is 2. The molecule has 2 rings (SSSR count). The Morgan fingerprint density at radius 3 is 1.19 bits per heavy atom. The van der Waals surface area contributed by atoms with Gasteiger partial charge in [0.05, 0.1) is 59.2 Å². The van der Waals surface area contributed by atoms with E-state index in [4.69, 9.17) is 34.2 Å². The number of amides is 1. The summed E-state index contributed by atoms with van der Waals surface area (Å²) in [4.78, 5) is 98.0. The zero-order valence-electron chi connectivity index (χ0n) is 66.5. The number of esters is 4. The van der Waals surface area contributed by atoms with Crippen LogP contribution in [0.2, 0.25) is 0 Å². The molecule has 2 unspecified atom stereocenters. The topological polar surface area (TPSA) is 296 Å². The molecule has 100 heavy (non-hydrogen) atoms. The van der Waals surface area contributed by atoms with E-state index in [-0.39, 0.29) is 97.3 Å². The summed E-state index contributed by atoms with van der Waals surface area (Å²) < 4.78 is 19.3. The fraction of sp³-hybridized carbons (Fsp3) is 0.705. The van der Waals surface area contributed by atoms with Crippen molar-refractivity contribution in [2.75, 3.05) is 54.7 Å². The van der Waals surface area contributed by atoms with E-state index < -0.39 is 53.2 Å². The zero-order chi connectivity index (χ0) is 77.5. The summed E-state index contributed by atoms with van der Waals surface area (Å²) >= 11 is 0. The number of hydroxylamine groups is 3. The molecule has 0 bridgehead atoms. The molecule has 0 aliphatic carbocycles. The highest BCUT2D eigenvalue weighted by atomic mass is 35.5. The molecule has 2 aromatic rings. The molecule has 0 aromatic heterocycles. The van der Waals surface area contributed by atoms with Crippen LogP contribution >= 0.6 is 12.4 Å². The van der Waals surface area contributed by atoms with Gasteiger partial charge in [-0.2, -0.15) is 5.26 Å². The third-order valence-electron chi connectivity index (χ3n) is 16.5. The van der Waals surface area contributed by atoms with Crippen molar-refractivity contribution in [3.05, 3.63) is 82.9 Å². The Labute approximate surface area is 612 Å². The summed E-state index contributed by atoms with van der Waals surface area (Å²) in [5.74, 6) is -4.51. The van der Waals surface area contributed by atoms with Gasteiger partial charge in [-0.15, -0.1) is 12.4 Å². The number of nitrogens with zero attached hydrogens (tertiary/aromatic N) is 2. The van der Waals surface area contributed by atoms with Crippen molar-refractivity contribution in [2.45, 2.75) is 269 Å². The van der Waals surface area contributed by atoms with Crippen LogP contribution in [0.1, 0.15) is 255 Å². The predicted molar refractivity (Wildman–Crippen MR) is 407 cm³/mol. The number of ether oxygens (including phenoxy) is 4. The molecule has 582 valence electrons. The number of hydrogen-bond acceptors (Lipinski definition) is 18. The van der Waals surface area contributed by atoms with Gasteiger partial charge in [-0.25, -0.2) is 20.1 Å². The maximum Gasteiger partial charge on any atom is 0.345 e. The molecule has 1 amide bonds. The molecular weight excluding hydrogens is 1300 g/mol. The second kappa shape index (κ2) is 61.4. The molecule has 5 N–H and O–H groups in total. The summed E-state index contributed by atoms with van der Waals surface area (Å²) in [6.45, 7) is 49.6. The first-order valence-electron chi connectivity index (χ1n) is 34.6. The lowest BCUT2D eigenvalue weighted by atomic mass is 9.76. The minimum absolute atomic E-state index is 0. The van der Waals surface area contributed by atoms with E-state index in [0.29, 0.717) is 37.8 Å². The largest absolute Gasteiger partial charge is 0.481 e. The number of benzene rings is 2. The Kier molecular flexibility index (Phi) is 67.3. The number of carbonyl (C=O) groups is 8. The van der Waals surface area contributed by atoms with E-state index in [1.807, 2.05) is 90.1 Å². The van der Waals surface area contributed by atoms with Gasteiger partial charge in [-0.05, 0) is 104 Å². The molecule has 21 nitrogen and oxygen atoms in total. The molecule has 0 saturated carbocycles. The minimum atomic E-state index is -0.836. The van der Waals surface area contributed by atoms with E-state index in [1.165, 1.54) is 17.7 Å². The van der Waals surface area contributed by atoms with Gasteiger partial charge in [0.15, 0.2) is 5.92 Å². The van der Waals surface area contributed by atoms with Gasteiger partial charge in [0.25, 0.3) is 0 Å². The van der Waals surface area contributed by atoms with Crippen molar-refractivity contribution in [3.8, 4) is 6.07 Å². The SMILES string of the molecule is C.CCC(C)(C)CC(=O)N(C)OC.CCC(C)(C)CC(=O)O.CCC(C)(C)CC(C#N)NCc1ccccc1.CCC(C)(C)CC(NCc1ccccc1)C(=O)O.CCC(C)(C)CC=O.CCOC(=O)C(C(=O)OCC)=C(C)C.CCOC(=O)C(C(=O)OCC)C(C)(C)CC.CNOC.Cl. The standard InChI is InChI=1S/C15H22N2.C15H23NO2.C12H22O4.C10H16O4.C9H19NO2.C7H14O2.C7H14O.C2H7NO.CH4.ClH/c1-4-15(2,3)10-14(11-16)17-12-13-8-6-5-7-9-13;1-4-15(2,3)10-13(14(17)18)16-11-12-8-6-5-7-9-12;1-6-12(4,5)9(10(13)15-7-2)11(14)16-8-3;1-5-13-9(11)8(7(3)4)10(12)14-6-2;1-6-9(2,3)7-8(11)10(4)12-5;1-4-7(2,3)5-6(8)9;1-4-7(2,3)5-6-8;1-3-4-2;;/h5-9,14,17H,4,10,12H2,1-3H3;5-9,13,16H,4,10-11H2,1-3H3,(H,17,18);9H,6-8H2,1-5H3;5-6H2,1-4H3;6-7H2,1-5H3;4-5H2,1-3H3,(H,8,9);6H,4-5H2,1-3H3;3H,1-2H3;1H4;1H. The lowest BCUT2D eigenvalue weighted by Gasteiger charge is -2.29. The number of carbonyl (C=O) groups excluding carboxylic acids is 6. The number of carboxylic acids is 2. The summed E-state index contributed by atoms with van der Waals surface area (Å²) in [5, 5.41) is 34.5. The van der Waals surface area contributed by atoms with E-state index in [2.05, 4.69) is 122 Å². The summed E-state index contributed by atoms with van der Waals surface area (Å²) in [5.41, 5.74) is 5.45. The number of aldehydes is 1. The highest BCUT2D eigenvalue weighted by molar-refractivity contribution is 6.14. The molecule has 0 aliphatic heterocycles. The lowest BCUT2D eigenvalue weighted by molar-refractivity contribution is -0.171. The van der Waals surface area contributed by atoms with Gasteiger partial charge < -0.3 is 44.1 Å². The van der Waals surface area contributed by atoms with Crippen LogP contribution < -0.4 is 16.1 Å². The number of halogens is 1. The van der Waals surface area contributed by atoms with Gasteiger partial charge in [0.2, 0.25) is 5.91 Å². The molecule has 0 aliphatic rings. The van der Waals surface area contributed by atoms with Gasteiger partial charge >= 0.3 is 35.8 Å². The first-order chi connectivity index (χ1) is 45.4.